The average Bonchev–Trinajstić information content (AvgIpc) is 3.71. The van der Waals surface area contributed by atoms with Gasteiger partial charge in [0.1, 0.15) is 19.7 Å². The lowest BCUT2D eigenvalue weighted by Crippen LogP contribution is -1.99. The second kappa shape index (κ2) is 19.7. The average molecular weight is 651 g/mol. The van der Waals surface area contributed by atoms with Crippen molar-refractivity contribution in [2.45, 2.75) is 24.0 Å². The summed E-state index contributed by atoms with van der Waals surface area (Å²) in [6, 6.07) is 8.60. The molecule has 1 atom stereocenters. The van der Waals surface area contributed by atoms with Crippen molar-refractivity contribution in [3.05, 3.63) is 106 Å². The van der Waals surface area contributed by atoms with Crippen molar-refractivity contribution in [3.8, 4) is 21.8 Å². The fourth-order valence-electron chi connectivity index (χ4n) is 3.41. The Labute approximate surface area is 270 Å². The van der Waals surface area contributed by atoms with Gasteiger partial charge in [-0.1, -0.05) is 36.9 Å². The Balaban J connectivity index is 0.000000391. The number of nitrogen functional groups attached to an aromatic ring is 1. The predicted molar refractivity (Wildman–Crippen MR) is 182 cm³/mol. The molecule has 0 aliphatic carbocycles. The summed E-state index contributed by atoms with van der Waals surface area (Å²) >= 11 is 2.81. The number of hydrogen-bond donors (Lipinski definition) is 2. The SMILES string of the molecule is C=C=C=C=C=C=C.CCCCS(=O)c1sc2nc(-c3nccs3)cc(-c3cccc(C(=O)O)c3)c2c1N.CN=C=C=C=C=C=O. The van der Waals surface area contributed by atoms with Crippen molar-refractivity contribution in [2.24, 2.45) is 4.99 Å². The quantitative estimate of drug-likeness (QED) is 0.125. The van der Waals surface area contributed by atoms with Crippen molar-refractivity contribution in [2.75, 3.05) is 18.5 Å². The smallest absolute Gasteiger partial charge is 0.335 e. The van der Waals surface area contributed by atoms with Gasteiger partial charge >= 0.3 is 5.97 Å². The minimum absolute atomic E-state index is 0.189. The van der Waals surface area contributed by atoms with Gasteiger partial charge in [-0.15, -0.1) is 22.7 Å². The van der Waals surface area contributed by atoms with Gasteiger partial charge in [0, 0.05) is 52.8 Å². The summed E-state index contributed by atoms with van der Waals surface area (Å²) in [6.07, 6.45) is 3.52. The number of carbonyl (C=O) groups is 1. The second-order valence-electron chi connectivity index (χ2n) is 8.21. The predicted octanol–water partition coefficient (Wildman–Crippen LogP) is 6.99. The largest absolute Gasteiger partial charge is 0.478 e. The van der Waals surface area contributed by atoms with E-state index in [-0.39, 0.29) is 5.56 Å². The number of thiazole rings is 1. The van der Waals surface area contributed by atoms with Crippen molar-refractivity contribution >= 4 is 67.2 Å². The first kappa shape index (κ1) is 35.7. The molecule has 4 rings (SSSR count). The van der Waals surface area contributed by atoms with E-state index in [1.54, 1.807) is 31.4 Å². The first-order valence-electron chi connectivity index (χ1n) is 12.9. The molecule has 0 amide bonds. The van der Waals surface area contributed by atoms with Crippen molar-refractivity contribution in [1.29, 1.82) is 0 Å². The van der Waals surface area contributed by atoms with E-state index < -0.39 is 16.8 Å². The number of hydrogen-bond acceptors (Lipinski definition) is 9. The summed E-state index contributed by atoms with van der Waals surface area (Å²) < 4.78 is 13.4. The van der Waals surface area contributed by atoms with Crippen LogP contribution in [-0.2, 0) is 15.6 Å². The van der Waals surface area contributed by atoms with E-state index in [0.717, 1.165) is 29.0 Å². The topological polar surface area (TPSA) is 136 Å². The van der Waals surface area contributed by atoms with E-state index >= 15 is 0 Å². The zero-order valence-corrected chi connectivity index (χ0v) is 26.8. The lowest BCUT2D eigenvalue weighted by atomic mass is 10.00. The van der Waals surface area contributed by atoms with Crippen LogP contribution in [0.4, 0.5) is 5.69 Å². The number of aromatic carboxylic acids is 1. The monoisotopic (exact) mass is 650 g/mol. The maximum absolute atomic E-state index is 12.8. The zero-order chi connectivity index (χ0) is 33.0. The molecular formula is C34H26N4O4S3. The maximum atomic E-state index is 12.8. The van der Waals surface area contributed by atoms with Crippen LogP contribution >= 0.6 is 22.7 Å². The first-order chi connectivity index (χ1) is 21.8. The standard InChI is InChI=1S/C21H19N3O3S3.C7H4.C6H3NO/c1-2-3-9-30(27)21-17(22)16-14(12-5-4-6-13(10-12)20(25)26)11-15(24-19(16)29-21)18-23-7-8-28-18;1-3-5-7-6-4-2;1-7-5-3-2-4-6-8/h4-8,10-11H,2-3,9,22H2,1H3,(H,25,26);1-2H2;1H3. The number of carboxylic acids is 1. The van der Waals surface area contributed by atoms with Crippen molar-refractivity contribution < 1.29 is 18.9 Å². The highest BCUT2D eigenvalue weighted by molar-refractivity contribution is 7.87. The molecule has 0 saturated heterocycles. The number of carbonyl (C=O) groups excluding carboxylic acids is 1. The molecule has 3 heterocycles. The summed E-state index contributed by atoms with van der Waals surface area (Å²) in [7, 11) is 0.340. The number of aliphatic imine (C=N–C) groups is 1. The number of nitrogens with two attached hydrogens (primary N) is 1. The zero-order valence-electron chi connectivity index (χ0n) is 24.4. The molecule has 0 spiro atoms. The lowest BCUT2D eigenvalue weighted by molar-refractivity contribution is 0.0697. The van der Waals surface area contributed by atoms with Crippen LogP contribution in [-0.4, -0.2) is 49.9 Å². The van der Waals surface area contributed by atoms with E-state index in [4.69, 9.17) is 10.7 Å². The number of fused-ring (bicyclic) bond motifs is 1. The highest BCUT2D eigenvalue weighted by Gasteiger charge is 2.21. The van der Waals surface area contributed by atoms with Crippen LogP contribution in [0, 0.1) is 0 Å². The molecule has 8 nitrogen and oxygen atoms in total. The van der Waals surface area contributed by atoms with Crippen LogP contribution in [0.1, 0.15) is 30.1 Å². The van der Waals surface area contributed by atoms with Gasteiger partial charge < -0.3 is 10.8 Å². The van der Waals surface area contributed by atoms with E-state index in [9.17, 15) is 18.9 Å². The van der Waals surface area contributed by atoms with Crippen molar-refractivity contribution in [3.63, 3.8) is 0 Å². The number of carboxylic acid groups (broad SMARTS) is 1. The molecule has 0 radical (unpaired) electrons. The third-order valence-electron chi connectivity index (χ3n) is 5.27. The van der Waals surface area contributed by atoms with Gasteiger partial charge in [0.05, 0.1) is 22.1 Å². The molecule has 4 aromatic rings. The summed E-state index contributed by atoms with van der Waals surface area (Å²) in [5.41, 5.74) is 27.8. The summed E-state index contributed by atoms with van der Waals surface area (Å²) in [6.45, 7) is 8.55. The maximum Gasteiger partial charge on any atom is 0.335 e. The Kier molecular flexibility index (Phi) is 15.6. The fraction of sp³-hybridized carbons (Fsp3) is 0.147. The van der Waals surface area contributed by atoms with Crippen LogP contribution in [0.5, 0.6) is 0 Å². The molecule has 1 unspecified atom stereocenters. The number of nitrogens with zero attached hydrogens (tertiary/aromatic N) is 3. The van der Waals surface area contributed by atoms with E-state index in [1.165, 1.54) is 28.6 Å². The summed E-state index contributed by atoms with van der Waals surface area (Å²) in [5, 5.41) is 12.7. The number of aromatic nitrogens is 2. The Hall–Kier alpha value is -5.48. The van der Waals surface area contributed by atoms with E-state index in [1.807, 2.05) is 23.2 Å². The van der Waals surface area contributed by atoms with Gasteiger partial charge in [-0.25, -0.2) is 24.5 Å². The van der Waals surface area contributed by atoms with Gasteiger partial charge in [0.25, 0.3) is 0 Å². The Morgan fingerprint density at radius 1 is 1.11 bits per heavy atom. The van der Waals surface area contributed by atoms with Gasteiger partial charge in [-0.3, -0.25) is 4.21 Å². The molecule has 0 bridgehead atoms. The summed E-state index contributed by atoms with van der Waals surface area (Å²) in [4.78, 5) is 34.0. The Morgan fingerprint density at radius 3 is 2.44 bits per heavy atom. The molecule has 224 valence electrons. The van der Waals surface area contributed by atoms with Crippen LogP contribution in [0.3, 0.4) is 0 Å². The Morgan fingerprint density at radius 2 is 1.84 bits per heavy atom. The highest BCUT2D eigenvalue weighted by atomic mass is 32.2. The number of thiophene rings is 1. The van der Waals surface area contributed by atoms with Crippen LogP contribution in [0.15, 0.2) is 110 Å². The first-order valence-corrected chi connectivity index (χ1v) is 15.9. The third-order valence-corrected chi connectivity index (χ3v) is 9.06. The number of pyridine rings is 1. The van der Waals surface area contributed by atoms with E-state index in [2.05, 4.69) is 76.0 Å². The fourth-order valence-corrected chi connectivity index (χ4v) is 6.80. The lowest BCUT2D eigenvalue weighted by Gasteiger charge is -2.08. The van der Waals surface area contributed by atoms with Gasteiger partial charge in [0.2, 0.25) is 0 Å². The number of anilines is 1. The molecule has 1 aromatic carbocycles. The molecule has 0 fully saturated rings. The number of unbranched alkanes of at least 4 members (excludes halogenated alkanes) is 1. The van der Waals surface area contributed by atoms with Gasteiger partial charge in [-0.2, -0.15) is 0 Å². The van der Waals surface area contributed by atoms with Crippen LogP contribution in [0.2, 0.25) is 0 Å². The van der Waals surface area contributed by atoms with Gasteiger partial charge in [-0.05, 0) is 66.1 Å². The second-order valence-corrected chi connectivity index (χ2v) is 11.9. The third kappa shape index (κ3) is 10.9. The number of rotatable bonds is 7. The van der Waals surface area contributed by atoms with E-state index in [0.29, 0.717) is 31.6 Å². The minimum atomic E-state index is -1.20. The molecular weight excluding hydrogens is 625 g/mol. The van der Waals surface area contributed by atoms with Crippen molar-refractivity contribution in [1.82, 2.24) is 9.97 Å². The molecule has 11 heteroatoms. The Bertz CT molecular complexity index is 2060. The van der Waals surface area contributed by atoms with Gasteiger partial charge in [0.15, 0.2) is 5.94 Å². The molecule has 3 aromatic heterocycles. The van der Waals surface area contributed by atoms with Crippen LogP contribution < -0.4 is 5.73 Å². The van der Waals surface area contributed by atoms with Crippen LogP contribution in [0.25, 0.3) is 32.0 Å². The summed E-state index contributed by atoms with van der Waals surface area (Å²) in [5.74, 6) is 3.23. The minimum Gasteiger partial charge on any atom is -0.478 e. The molecule has 45 heavy (non-hydrogen) atoms. The molecule has 0 saturated carbocycles. The normalized spacial score (nSPS) is 9.47. The number of benzene rings is 1. The molecule has 0 aliphatic heterocycles. The molecule has 3 N–H and O–H groups in total. The highest BCUT2D eigenvalue weighted by Crippen LogP contribution is 2.43. The molecule has 0 aliphatic rings.